The van der Waals surface area contributed by atoms with Crippen molar-refractivity contribution in [2.24, 2.45) is 0 Å². The molecule has 0 amide bonds. The Morgan fingerprint density at radius 1 is 1.22 bits per heavy atom. The summed E-state index contributed by atoms with van der Waals surface area (Å²) in [5.74, 6) is 0.141. The Balaban J connectivity index is 1.92. The van der Waals surface area contributed by atoms with E-state index < -0.39 is 10.9 Å². The van der Waals surface area contributed by atoms with E-state index in [1.54, 1.807) is 7.11 Å². The summed E-state index contributed by atoms with van der Waals surface area (Å²) in [7, 11) is 1.59. The van der Waals surface area contributed by atoms with Gasteiger partial charge in [0.1, 0.15) is 5.75 Å². The molecule has 0 fully saturated rings. The third kappa shape index (κ3) is 4.43. The van der Waals surface area contributed by atoms with Crippen molar-refractivity contribution in [3.05, 3.63) is 68.7 Å². The minimum absolute atomic E-state index is 0.00588. The third-order valence-electron chi connectivity index (χ3n) is 3.17. The monoisotopic (exact) mass is 335 g/mol. The summed E-state index contributed by atoms with van der Waals surface area (Å²) in [5.41, 5.74) is 0.921. The van der Waals surface area contributed by atoms with Gasteiger partial charge in [0.15, 0.2) is 0 Å². The van der Waals surface area contributed by atoms with Crippen LogP contribution in [-0.4, -0.2) is 24.6 Å². The fourth-order valence-electron chi connectivity index (χ4n) is 1.91. The molecule has 0 aliphatic heterocycles. The maximum atomic E-state index is 11.9. The number of halogens is 1. The van der Waals surface area contributed by atoms with Gasteiger partial charge in [-0.25, -0.2) is 4.79 Å². The first kappa shape index (κ1) is 16.8. The average Bonchev–Trinajstić information content (AvgIpc) is 2.55. The number of nitro groups is 1. The normalized spacial score (nSPS) is 10.2. The lowest BCUT2D eigenvalue weighted by Gasteiger charge is -2.07. The summed E-state index contributed by atoms with van der Waals surface area (Å²) < 4.78 is 10.2. The number of nitrogens with zero attached hydrogens (tertiary/aromatic N) is 1. The van der Waals surface area contributed by atoms with Crippen molar-refractivity contribution in [1.82, 2.24) is 0 Å². The standard InChI is InChI=1S/C16H14ClNO5/c1-22-13-5-2-11(3-6-13)8-9-23-16(19)14-7-4-12(18(20)21)10-15(14)17/h2-7,10H,8-9H2,1H3. The van der Waals surface area contributed by atoms with Crippen LogP contribution in [0.3, 0.4) is 0 Å². The van der Waals surface area contributed by atoms with Gasteiger partial charge in [-0.15, -0.1) is 0 Å². The first-order chi connectivity index (χ1) is 11.0. The highest BCUT2D eigenvalue weighted by atomic mass is 35.5. The molecule has 0 heterocycles. The fourth-order valence-corrected chi connectivity index (χ4v) is 2.17. The van der Waals surface area contributed by atoms with Crippen molar-refractivity contribution in [3.8, 4) is 5.75 Å². The Hall–Kier alpha value is -2.60. The molecular weight excluding hydrogens is 322 g/mol. The summed E-state index contributed by atoms with van der Waals surface area (Å²) >= 11 is 5.88. The van der Waals surface area contributed by atoms with Crippen LogP contribution in [0.15, 0.2) is 42.5 Å². The highest BCUT2D eigenvalue weighted by Crippen LogP contribution is 2.23. The summed E-state index contributed by atoms with van der Waals surface area (Å²) in [4.78, 5) is 22.0. The highest BCUT2D eigenvalue weighted by molar-refractivity contribution is 6.33. The molecule has 0 aromatic heterocycles. The molecule has 2 rings (SSSR count). The van der Waals surface area contributed by atoms with Crippen LogP contribution in [0.2, 0.25) is 5.02 Å². The molecule has 0 saturated carbocycles. The van der Waals surface area contributed by atoms with E-state index in [4.69, 9.17) is 21.1 Å². The van der Waals surface area contributed by atoms with E-state index in [-0.39, 0.29) is 22.9 Å². The number of carbonyl (C=O) groups is 1. The number of hydrogen-bond donors (Lipinski definition) is 0. The SMILES string of the molecule is COc1ccc(CCOC(=O)c2ccc([N+](=O)[O-])cc2Cl)cc1. The maximum Gasteiger partial charge on any atom is 0.339 e. The van der Waals surface area contributed by atoms with Crippen LogP contribution in [0.5, 0.6) is 5.75 Å². The summed E-state index contributed by atoms with van der Waals surface area (Å²) in [6, 6.07) is 11.0. The van der Waals surface area contributed by atoms with Gasteiger partial charge in [-0.3, -0.25) is 10.1 Å². The predicted molar refractivity (Wildman–Crippen MR) is 85.1 cm³/mol. The Bertz CT molecular complexity index is 715. The Kier molecular flexibility index (Phi) is 5.54. The third-order valence-corrected chi connectivity index (χ3v) is 3.48. The minimum atomic E-state index is -0.613. The van der Waals surface area contributed by atoms with Crippen LogP contribution in [0.25, 0.3) is 0 Å². The zero-order valence-corrected chi connectivity index (χ0v) is 13.1. The first-order valence-corrected chi connectivity index (χ1v) is 7.13. The Morgan fingerprint density at radius 3 is 2.48 bits per heavy atom. The molecule has 0 atom stereocenters. The van der Waals surface area contributed by atoms with E-state index in [1.807, 2.05) is 24.3 Å². The lowest BCUT2D eigenvalue weighted by Crippen LogP contribution is -2.09. The predicted octanol–water partition coefficient (Wildman–Crippen LogP) is 3.66. The van der Waals surface area contributed by atoms with Crippen molar-refractivity contribution in [2.45, 2.75) is 6.42 Å². The van der Waals surface area contributed by atoms with E-state index in [1.165, 1.54) is 12.1 Å². The molecule has 0 bridgehead atoms. The second-order valence-electron chi connectivity index (χ2n) is 4.66. The minimum Gasteiger partial charge on any atom is -0.497 e. The average molecular weight is 336 g/mol. The molecule has 120 valence electrons. The lowest BCUT2D eigenvalue weighted by atomic mass is 10.1. The van der Waals surface area contributed by atoms with Gasteiger partial charge in [0, 0.05) is 18.6 Å². The molecule has 2 aromatic carbocycles. The molecular formula is C16H14ClNO5. The largest absolute Gasteiger partial charge is 0.497 e. The molecule has 6 nitrogen and oxygen atoms in total. The van der Waals surface area contributed by atoms with Crippen LogP contribution in [-0.2, 0) is 11.2 Å². The van der Waals surface area contributed by atoms with Crippen molar-refractivity contribution >= 4 is 23.3 Å². The summed E-state index contributed by atoms with van der Waals surface area (Å²) in [5, 5.41) is 10.6. The van der Waals surface area contributed by atoms with Gasteiger partial charge in [0.2, 0.25) is 0 Å². The van der Waals surface area contributed by atoms with Gasteiger partial charge >= 0.3 is 5.97 Å². The number of rotatable bonds is 6. The van der Waals surface area contributed by atoms with Crippen molar-refractivity contribution < 1.29 is 19.2 Å². The summed E-state index contributed by atoms with van der Waals surface area (Å²) in [6.07, 6.45) is 0.542. The molecule has 23 heavy (non-hydrogen) atoms. The maximum absolute atomic E-state index is 11.9. The number of carbonyl (C=O) groups excluding carboxylic acids is 1. The number of methoxy groups -OCH3 is 1. The Morgan fingerprint density at radius 2 is 1.91 bits per heavy atom. The topological polar surface area (TPSA) is 78.7 Å². The zero-order valence-electron chi connectivity index (χ0n) is 12.3. The van der Waals surface area contributed by atoms with Crippen LogP contribution in [0, 0.1) is 10.1 Å². The van der Waals surface area contributed by atoms with Crippen LogP contribution in [0.1, 0.15) is 15.9 Å². The number of hydrogen-bond acceptors (Lipinski definition) is 5. The van der Waals surface area contributed by atoms with Gasteiger partial charge in [-0.1, -0.05) is 23.7 Å². The molecule has 2 aromatic rings. The second-order valence-corrected chi connectivity index (χ2v) is 5.06. The van der Waals surface area contributed by atoms with Crippen molar-refractivity contribution in [2.75, 3.05) is 13.7 Å². The van der Waals surface area contributed by atoms with E-state index in [0.29, 0.717) is 6.42 Å². The quantitative estimate of drug-likeness (QED) is 0.457. The second kappa shape index (κ2) is 7.60. The highest BCUT2D eigenvalue weighted by Gasteiger charge is 2.15. The molecule has 0 N–H and O–H groups in total. The van der Waals surface area contributed by atoms with Crippen LogP contribution >= 0.6 is 11.6 Å². The molecule has 0 spiro atoms. The number of non-ortho nitro benzene ring substituents is 1. The van der Waals surface area contributed by atoms with E-state index >= 15 is 0 Å². The number of nitro benzene ring substituents is 1. The van der Waals surface area contributed by atoms with E-state index in [2.05, 4.69) is 0 Å². The van der Waals surface area contributed by atoms with Gasteiger partial charge in [-0.2, -0.15) is 0 Å². The zero-order chi connectivity index (χ0) is 16.8. The van der Waals surface area contributed by atoms with Gasteiger partial charge < -0.3 is 9.47 Å². The number of benzene rings is 2. The van der Waals surface area contributed by atoms with Crippen molar-refractivity contribution in [3.63, 3.8) is 0 Å². The molecule has 0 radical (unpaired) electrons. The van der Waals surface area contributed by atoms with Crippen LogP contribution < -0.4 is 4.74 Å². The van der Waals surface area contributed by atoms with E-state index in [0.717, 1.165) is 17.4 Å². The fraction of sp³-hybridized carbons (Fsp3) is 0.188. The first-order valence-electron chi connectivity index (χ1n) is 6.75. The van der Waals surface area contributed by atoms with E-state index in [9.17, 15) is 14.9 Å². The lowest BCUT2D eigenvalue weighted by molar-refractivity contribution is -0.384. The summed E-state index contributed by atoms with van der Waals surface area (Å²) in [6.45, 7) is 0.179. The molecule has 0 saturated heterocycles. The molecule has 0 unspecified atom stereocenters. The number of esters is 1. The molecule has 0 aliphatic rings. The van der Waals surface area contributed by atoms with Gasteiger partial charge in [-0.05, 0) is 23.8 Å². The number of ether oxygens (including phenoxy) is 2. The molecule has 0 aliphatic carbocycles. The van der Waals surface area contributed by atoms with Gasteiger partial charge in [0.05, 0.1) is 29.2 Å². The van der Waals surface area contributed by atoms with Gasteiger partial charge in [0.25, 0.3) is 5.69 Å². The van der Waals surface area contributed by atoms with Crippen LogP contribution in [0.4, 0.5) is 5.69 Å². The molecule has 7 heteroatoms. The van der Waals surface area contributed by atoms with Crippen molar-refractivity contribution in [1.29, 1.82) is 0 Å². The Labute approximate surface area is 137 Å². The smallest absolute Gasteiger partial charge is 0.339 e.